The van der Waals surface area contributed by atoms with E-state index in [9.17, 15) is 13.9 Å². The molecule has 0 aliphatic heterocycles. The summed E-state index contributed by atoms with van der Waals surface area (Å²) in [6, 6.07) is 7.53. The number of aromatic hydroxyl groups is 1. The monoisotopic (exact) mass is 263 g/mol. The second kappa shape index (κ2) is 5.48. The normalized spacial score (nSPS) is 10.9. The summed E-state index contributed by atoms with van der Waals surface area (Å²) in [4.78, 5) is 3.82. The van der Waals surface area contributed by atoms with Gasteiger partial charge in [0, 0.05) is 17.8 Å². The highest BCUT2D eigenvalue weighted by atomic mass is 19.1. The molecule has 0 amide bonds. The van der Waals surface area contributed by atoms with E-state index < -0.39 is 11.6 Å². The van der Waals surface area contributed by atoms with E-state index in [1.54, 1.807) is 6.07 Å². The highest BCUT2D eigenvalue weighted by molar-refractivity contribution is 5.86. The average molecular weight is 263 g/mol. The van der Waals surface area contributed by atoms with Gasteiger partial charge in [0.1, 0.15) is 28.8 Å². The molecule has 0 aliphatic carbocycles. The van der Waals surface area contributed by atoms with Crippen molar-refractivity contribution >= 4 is 11.9 Å². The Kier molecular flexibility index (Phi) is 3.75. The van der Waals surface area contributed by atoms with E-state index in [1.807, 2.05) is 0 Å². The van der Waals surface area contributed by atoms with Crippen LogP contribution in [0.5, 0.6) is 11.5 Å². The number of hydrogen-bond acceptors (Lipinski definition) is 3. The van der Waals surface area contributed by atoms with Gasteiger partial charge >= 0.3 is 0 Å². The first kappa shape index (κ1) is 13.0. The van der Waals surface area contributed by atoms with Crippen LogP contribution in [0, 0.1) is 11.6 Å². The number of rotatable bonds is 3. The van der Waals surface area contributed by atoms with Gasteiger partial charge in [-0.2, -0.15) is 0 Å². The number of hydrogen-bond donors (Lipinski definition) is 1. The SMILES string of the molecule is COc1ccc(O)c(C=Nc2cc(F)ccc2F)c1. The molecule has 3 nitrogen and oxygen atoms in total. The summed E-state index contributed by atoms with van der Waals surface area (Å²) in [5, 5.41) is 9.62. The minimum absolute atomic E-state index is 0.0265. The minimum Gasteiger partial charge on any atom is -0.507 e. The fraction of sp³-hybridized carbons (Fsp3) is 0.0714. The van der Waals surface area contributed by atoms with Crippen LogP contribution < -0.4 is 4.74 Å². The van der Waals surface area contributed by atoms with E-state index in [-0.39, 0.29) is 11.4 Å². The zero-order valence-corrected chi connectivity index (χ0v) is 10.1. The molecule has 98 valence electrons. The summed E-state index contributed by atoms with van der Waals surface area (Å²) in [7, 11) is 1.49. The molecule has 19 heavy (non-hydrogen) atoms. The van der Waals surface area contributed by atoms with Crippen LogP contribution in [-0.4, -0.2) is 18.4 Å². The zero-order valence-electron chi connectivity index (χ0n) is 10.1. The second-order valence-corrected chi connectivity index (χ2v) is 3.78. The molecule has 0 atom stereocenters. The first-order valence-electron chi connectivity index (χ1n) is 5.46. The van der Waals surface area contributed by atoms with E-state index in [2.05, 4.69) is 4.99 Å². The first-order valence-corrected chi connectivity index (χ1v) is 5.46. The Morgan fingerprint density at radius 1 is 1.16 bits per heavy atom. The lowest BCUT2D eigenvalue weighted by atomic mass is 10.2. The summed E-state index contributed by atoms with van der Waals surface area (Å²) in [5.41, 5.74) is 0.213. The van der Waals surface area contributed by atoms with Crippen molar-refractivity contribution in [1.82, 2.24) is 0 Å². The van der Waals surface area contributed by atoms with Crippen molar-refractivity contribution in [3.63, 3.8) is 0 Å². The van der Waals surface area contributed by atoms with Crippen LogP contribution >= 0.6 is 0 Å². The Morgan fingerprint density at radius 3 is 2.68 bits per heavy atom. The molecule has 2 rings (SSSR count). The number of aliphatic imine (C=N–C) groups is 1. The fourth-order valence-corrected chi connectivity index (χ4v) is 1.49. The smallest absolute Gasteiger partial charge is 0.149 e. The van der Waals surface area contributed by atoms with Crippen LogP contribution in [0.15, 0.2) is 41.4 Å². The predicted molar refractivity (Wildman–Crippen MR) is 68.3 cm³/mol. The van der Waals surface area contributed by atoms with E-state index >= 15 is 0 Å². The molecule has 5 heteroatoms. The molecule has 0 aliphatic rings. The molecule has 0 aromatic heterocycles. The van der Waals surface area contributed by atoms with Crippen LogP contribution in [0.1, 0.15) is 5.56 Å². The van der Waals surface area contributed by atoms with Crippen molar-refractivity contribution in [3.8, 4) is 11.5 Å². The molecular weight excluding hydrogens is 252 g/mol. The maximum Gasteiger partial charge on any atom is 0.149 e. The summed E-state index contributed by atoms with van der Waals surface area (Å²) in [6.07, 6.45) is 1.25. The average Bonchev–Trinajstić information content (AvgIpc) is 2.41. The second-order valence-electron chi connectivity index (χ2n) is 3.78. The van der Waals surface area contributed by atoms with Gasteiger partial charge in [0.25, 0.3) is 0 Å². The third-order valence-corrected chi connectivity index (χ3v) is 2.49. The van der Waals surface area contributed by atoms with Gasteiger partial charge in [-0.25, -0.2) is 8.78 Å². The van der Waals surface area contributed by atoms with E-state index in [0.717, 1.165) is 18.2 Å². The van der Waals surface area contributed by atoms with Crippen molar-refractivity contribution in [2.75, 3.05) is 7.11 Å². The van der Waals surface area contributed by atoms with Crippen molar-refractivity contribution in [1.29, 1.82) is 0 Å². The molecule has 0 radical (unpaired) electrons. The number of methoxy groups -OCH3 is 1. The van der Waals surface area contributed by atoms with Gasteiger partial charge in [-0.1, -0.05) is 0 Å². The first-order chi connectivity index (χ1) is 9.10. The van der Waals surface area contributed by atoms with Crippen LogP contribution in [0.4, 0.5) is 14.5 Å². The number of phenols is 1. The number of benzene rings is 2. The third-order valence-electron chi connectivity index (χ3n) is 2.49. The lowest BCUT2D eigenvalue weighted by Crippen LogP contribution is -1.87. The maximum absolute atomic E-state index is 13.4. The maximum atomic E-state index is 13.4. The van der Waals surface area contributed by atoms with Crippen molar-refractivity contribution in [3.05, 3.63) is 53.6 Å². The van der Waals surface area contributed by atoms with Gasteiger partial charge in [0.2, 0.25) is 0 Å². The summed E-state index contributed by atoms with van der Waals surface area (Å²) in [6.45, 7) is 0. The van der Waals surface area contributed by atoms with E-state index in [1.165, 1.54) is 25.5 Å². The molecule has 0 unspecified atom stereocenters. The number of halogens is 2. The Hall–Kier alpha value is -2.43. The number of ether oxygens (including phenoxy) is 1. The summed E-state index contributed by atoms with van der Waals surface area (Å²) in [5.74, 6) is -0.719. The molecule has 0 saturated carbocycles. The quantitative estimate of drug-likeness (QED) is 0.862. The van der Waals surface area contributed by atoms with Crippen molar-refractivity contribution in [2.24, 2.45) is 4.99 Å². The van der Waals surface area contributed by atoms with Gasteiger partial charge in [-0.3, -0.25) is 4.99 Å². The number of nitrogens with zero attached hydrogens (tertiary/aromatic N) is 1. The van der Waals surface area contributed by atoms with Gasteiger partial charge in [-0.15, -0.1) is 0 Å². The Labute approximate surface area is 108 Å². The van der Waals surface area contributed by atoms with Crippen LogP contribution in [-0.2, 0) is 0 Å². The van der Waals surface area contributed by atoms with E-state index in [0.29, 0.717) is 11.3 Å². The largest absolute Gasteiger partial charge is 0.507 e. The molecule has 0 heterocycles. The third kappa shape index (κ3) is 3.07. The molecule has 2 aromatic rings. The molecule has 1 N–H and O–H groups in total. The number of phenolic OH excluding ortho intramolecular Hbond substituents is 1. The molecule has 0 bridgehead atoms. The highest BCUT2D eigenvalue weighted by Crippen LogP contribution is 2.23. The van der Waals surface area contributed by atoms with E-state index in [4.69, 9.17) is 4.74 Å². The molecule has 0 fully saturated rings. The standard InChI is InChI=1S/C14H11F2NO2/c1-19-11-3-5-14(18)9(6-11)8-17-13-7-10(15)2-4-12(13)16/h2-8,18H,1H3. The summed E-state index contributed by atoms with van der Waals surface area (Å²) >= 11 is 0. The Bertz CT molecular complexity index is 627. The van der Waals surface area contributed by atoms with Crippen LogP contribution in [0.25, 0.3) is 0 Å². The topological polar surface area (TPSA) is 41.8 Å². The molecular formula is C14H11F2NO2. The van der Waals surface area contributed by atoms with Crippen molar-refractivity contribution in [2.45, 2.75) is 0 Å². The van der Waals surface area contributed by atoms with Crippen molar-refractivity contribution < 1.29 is 18.6 Å². The molecule has 0 spiro atoms. The lowest BCUT2D eigenvalue weighted by molar-refractivity contribution is 0.412. The van der Waals surface area contributed by atoms with Crippen LogP contribution in [0.3, 0.4) is 0 Å². The van der Waals surface area contributed by atoms with Gasteiger partial charge < -0.3 is 9.84 Å². The van der Waals surface area contributed by atoms with Gasteiger partial charge in [0.05, 0.1) is 7.11 Å². The highest BCUT2D eigenvalue weighted by Gasteiger charge is 2.03. The summed E-state index contributed by atoms with van der Waals surface area (Å²) < 4.78 is 31.3. The lowest BCUT2D eigenvalue weighted by Gasteiger charge is -2.03. The Morgan fingerprint density at radius 2 is 1.95 bits per heavy atom. The predicted octanol–water partition coefficient (Wildman–Crippen LogP) is 3.43. The zero-order chi connectivity index (χ0) is 13.8. The van der Waals surface area contributed by atoms with Crippen LogP contribution in [0.2, 0.25) is 0 Å². The molecule has 0 saturated heterocycles. The Balaban J connectivity index is 2.34. The minimum atomic E-state index is -0.639. The van der Waals surface area contributed by atoms with Gasteiger partial charge in [-0.05, 0) is 30.3 Å². The molecule has 2 aromatic carbocycles. The van der Waals surface area contributed by atoms with Gasteiger partial charge in [0.15, 0.2) is 0 Å². The fourth-order valence-electron chi connectivity index (χ4n) is 1.49.